The lowest BCUT2D eigenvalue weighted by molar-refractivity contribution is -0.159. The normalized spacial score (nSPS) is 15.1. The number of rotatable bonds is 2. The van der Waals surface area contributed by atoms with E-state index in [4.69, 9.17) is 15.3 Å². The predicted octanol–water partition coefficient (Wildman–Crippen LogP) is -0.797. The van der Waals surface area contributed by atoms with Gasteiger partial charge in [0, 0.05) is 0 Å². The van der Waals surface area contributed by atoms with Crippen molar-refractivity contribution in [2.24, 2.45) is 0 Å². The maximum atomic E-state index is 9.94. The lowest BCUT2D eigenvalue weighted by atomic mass is 10.0. The van der Waals surface area contributed by atoms with Gasteiger partial charge in [-0.25, -0.2) is 4.79 Å². The molecule has 0 aliphatic heterocycles. The molecule has 0 aromatic carbocycles. The fourth-order valence-electron chi connectivity index (χ4n) is 0.302. The van der Waals surface area contributed by atoms with Gasteiger partial charge in [0.1, 0.15) is 0 Å². The van der Waals surface area contributed by atoms with Crippen LogP contribution in [0.1, 0.15) is 13.8 Å². The summed E-state index contributed by atoms with van der Waals surface area (Å²) in [4.78, 5) is 9.94. The molecule has 0 saturated carbocycles. The number of aliphatic hydroxyl groups excluding tert-OH is 1. The van der Waals surface area contributed by atoms with E-state index in [2.05, 4.69) is 0 Å². The number of hydrogen-bond acceptors (Lipinski definition) is 3. The molecule has 0 heterocycles. The lowest BCUT2D eigenvalue weighted by Gasteiger charge is -2.19. The van der Waals surface area contributed by atoms with Crippen LogP contribution in [-0.4, -0.2) is 33.0 Å². The van der Waals surface area contributed by atoms with Gasteiger partial charge in [-0.2, -0.15) is 0 Å². The zero-order chi connectivity index (χ0) is 7.65. The molecule has 0 unspecified atom stereocenters. The van der Waals surface area contributed by atoms with Crippen molar-refractivity contribution in [2.45, 2.75) is 25.6 Å². The molecular formula is C5H10O4. The van der Waals surface area contributed by atoms with Crippen molar-refractivity contribution >= 4 is 5.97 Å². The number of carboxylic acid groups (broad SMARTS) is 1. The first kappa shape index (κ1) is 8.39. The molecule has 54 valence electrons. The first-order valence-corrected chi connectivity index (χ1v) is 2.49. The molecule has 9 heavy (non-hydrogen) atoms. The minimum Gasteiger partial charge on any atom is -0.479 e. The highest BCUT2D eigenvalue weighted by Crippen LogP contribution is 2.07. The predicted molar refractivity (Wildman–Crippen MR) is 29.9 cm³/mol. The molecule has 0 aromatic heterocycles. The average molecular weight is 134 g/mol. The maximum Gasteiger partial charge on any atom is 0.335 e. The van der Waals surface area contributed by atoms with E-state index in [1.807, 2.05) is 0 Å². The summed E-state index contributed by atoms with van der Waals surface area (Å²) < 4.78 is 0. The Bertz CT molecular complexity index is 113. The van der Waals surface area contributed by atoms with Gasteiger partial charge in [-0.15, -0.1) is 0 Å². The van der Waals surface area contributed by atoms with E-state index < -0.39 is 17.7 Å². The summed E-state index contributed by atoms with van der Waals surface area (Å²) in [6, 6.07) is 0. The van der Waals surface area contributed by atoms with Crippen LogP contribution in [-0.2, 0) is 4.79 Å². The Morgan fingerprint density at radius 3 is 1.89 bits per heavy atom. The first-order chi connectivity index (χ1) is 3.85. The Hall–Kier alpha value is -0.610. The van der Waals surface area contributed by atoms with Crippen LogP contribution in [0.4, 0.5) is 0 Å². The molecule has 0 aliphatic carbocycles. The third-order valence-electron chi connectivity index (χ3n) is 0.903. The van der Waals surface area contributed by atoms with Crippen LogP contribution >= 0.6 is 0 Å². The summed E-state index contributed by atoms with van der Waals surface area (Å²) in [5.41, 5.74) is -1.56. The van der Waals surface area contributed by atoms with Gasteiger partial charge in [0.25, 0.3) is 0 Å². The van der Waals surface area contributed by atoms with Crippen molar-refractivity contribution in [1.29, 1.82) is 0 Å². The Kier molecular flexibility index (Phi) is 2.17. The van der Waals surface area contributed by atoms with Crippen molar-refractivity contribution in [3.05, 3.63) is 0 Å². The van der Waals surface area contributed by atoms with Crippen LogP contribution in [0.3, 0.4) is 0 Å². The van der Waals surface area contributed by atoms with Crippen molar-refractivity contribution in [2.75, 3.05) is 0 Å². The lowest BCUT2D eigenvalue weighted by Crippen LogP contribution is -2.41. The quantitative estimate of drug-likeness (QED) is 0.462. The molecule has 0 spiro atoms. The second-order valence-electron chi connectivity index (χ2n) is 2.39. The van der Waals surface area contributed by atoms with Gasteiger partial charge < -0.3 is 15.3 Å². The van der Waals surface area contributed by atoms with Crippen molar-refractivity contribution in [1.82, 2.24) is 0 Å². The summed E-state index contributed by atoms with van der Waals surface area (Å²) >= 11 is 0. The molecule has 0 aromatic rings. The molecule has 1 atom stereocenters. The molecule has 4 heteroatoms. The van der Waals surface area contributed by atoms with Crippen LogP contribution < -0.4 is 0 Å². The van der Waals surface area contributed by atoms with E-state index in [0.29, 0.717) is 0 Å². The highest BCUT2D eigenvalue weighted by molar-refractivity contribution is 5.73. The molecule has 3 N–H and O–H groups in total. The van der Waals surface area contributed by atoms with Gasteiger partial charge >= 0.3 is 5.97 Å². The maximum absolute atomic E-state index is 9.94. The number of carboxylic acids is 1. The van der Waals surface area contributed by atoms with Crippen LogP contribution in [0.15, 0.2) is 0 Å². The van der Waals surface area contributed by atoms with E-state index in [9.17, 15) is 4.79 Å². The molecule has 0 rings (SSSR count). The average Bonchev–Trinajstić information content (AvgIpc) is 1.62. The highest BCUT2D eigenvalue weighted by Gasteiger charge is 2.30. The van der Waals surface area contributed by atoms with E-state index in [0.717, 1.165) is 0 Å². The Morgan fingerprint density at radius 1 is 1.56 bits per heavy atom. The van der Waals surface area contributed by atoms with Gasteiger partial charge in [-0.3, -0.25) is 0 Å². The number of hydrogen-bond donors (Lipinski definition) is 3. The Balaban J connectivity index is 4.04. The monoisotopic (exact) mass is 134 g/mol. The molecule has 0 amide bonds. The third kappa shape index (κ3) is 2.43. The SMILES string of the molecule is CC(C)(O)[C@@H](O)C(=O)O. The fourth-order valence-corrected chi connectivity index (χ4v) is 0.302. The standard InChI is InChI=1S/C5H10O4/c1-5(2,9)3(6)4(7)8/h3,6,9H,1-2H3,(H,7,8)/t3-/m0/s1. The van der Waals surface area contributed by atoms with Crippen LogP contribution in [0.25, 0.3) is 0 Å². The van der Waals surface area contributed by atoms with E-state index in [1.165, 1.54) is 13.8 Å². The minimum absolute atomic E-state index is 1.23. The summed E-state index contributed by atoms with van der Waals surface area (Å²) in [5, 5.41) is 25.5. The number of carbonyl (C=O) groups is 1. The van der Waals surface area contributed by atoms with Gasteiger partial charge in [0.2, 0.25) is 0 Å². The topological polar surface area (TPSA) is 77.8 Å². The van der Waals surface area contributed by atoms with Crippen LogP contribution in [0.5, 0.6) is 0 Å². The zero-order valence-electron chi connectivity index (χ0n) is 5.33. The first-order valence-electron chi connectivity index (χ1n) is 2.49. The molecule has 0 radical (unpaired) electrons. The van der Waals surface area contributed by atoms with Crippen molar-refractivity contribution < 1.29 is 20.1 Å². The van der Waals surface area contributed by atoms with Crippen molar-refractivity contribution in [3.8, 4) is 0 Å². The van der Waals surface area contributed by atoms with Gasteiger partial charge in [-0.05, 0) is 13.8 Å². The molecular weight excluding hydrogens is 124 g/mol. The van der Waals surface area contributed by atoms with E-state index >= 15 is 0 Å². The number of aliphatic hydroxyl groups is 2. The summed E-state index contributed by atoms with van der Waals surface area (Å²) in [6.45, 7) is 2.46. The second kappa shape index (κ2) is 2.33. The van der Waals surface area contributed by atoms with Crippen molar-refractivity contribution in [3.63, 3.8) is 0 Å². The second-order valence-corrected chi connectivity index (χ2v) is 2.39. The zero-order valence-corrected chi connectivity index (χ0v) is 5.33. The molecule has 4 nitrogen and oxygen atoms in total. The van der Waals surface area contributed by atoms with Gasteiger partial charge in [-0.1, -0.05) is 0 Å². The van der Waals surface area contributed by atoms with E-state index in [-0.39, 0.29) is 0 Å². The molecule has 0 aliphatic rings. The third-order valence-corrected chi connectivity index (χ3v) is 0.903. The van der Waals surface area contributed by atoms with Crippen LogP contribution in [0, 0.1) is 0 Å². The molecule has 0 fully saturated rings. The fraction of sp³-hybridized carbons (Fsp3) is 0.800. The molecule has 0 saturated heterocycles. The largest absolute Gasteiger partial charge is 0.479 e. The summed E-state index contributed by atoms with van der Waals surface area (Å²) in [5.74, 6) is -1.41. The summed E-state index contributed by atoms with van der Waals surface area (Å²) in [6.07, 6.45) is -1.71. The smallest absolute Gasteiger partial charge is 0.335 e. The Morgan fingerprint density at radius 2 is 1.89 bits per heavy atom. The summed E-state index contributed by atoms with van der Waals surface area (Å²) in [7, 11) is 0. The molecule has 0 bridgehead atoms. The number of aliphatic carboxylic acids is 1. The van der Waals surface area contributed by atoms with Gasteiger partial charge in [0.05, 0.1) is 5.60 Å². The minimum atomic E-state index is -1.71. The Labute approximate surface area is 52.7 Å². The van der Waals surface area contributed by atoms with E-state index in [1.54, 1.807) is 0 Å². The highest BCUT2D eigenvalue weighted by atomic mass is 16.4. The van der Waals surface area contributed by atoms with Crippen LogP contribution in [0.2, 0.25) is 0 Å². The van der Waals surface area contributed by atoms with Gasteiger partial charge in [0.15, 0.2) is 6.10 Å².